The Bertz CT molecular complexity index is 787. The van der Waals surface area contributed by atoms with E-state index in [4.69, 9.17) is 16.0 Å². The van der Waals surface area contributed by atoms with E-state index in [0.29, 0.717) is 22.4 Å². The summed E-state index contributed by atoms with van der Waals surface area (Å²) in [5.41, 5.74) is -0.686. The summed E-state index contributed by atoms with van der Waals surface area (Å²) in [7, 11) is 0. The smallest absolute Gasteiger partial charge is 0.198 e. The molecule has 4 nitrogen and oxygen atoms in total. The van der Waals surface area contributed by atoms with Crippen molar-refractivity contribution >= 4 is 28.4 Å². The molecule has 1 heterocycles. The Labute approximate surface area is 139 Å². The van der Waals surface area contributed by atoms with Gasteiger partial charge in [-0.05, 0) is 37.5 Å². The van der Waals surface area contributed by atoms with Crippen LogP contribution in [0.1, 0.15) is 55.5 Å². The predicted molar refractivity (Wildman–Crippen MR) is 89.1 cm³/mol. The van der Waals surface area contributed by atoms with Gasteiger partial charge in [0.15, 0.2) is 17.0 Å². The number of aliphatic hydroxyl groups is 1. The van der Waals surface area contributed by atoms with Crippen molar-refractivity contribution in [2.24, 2.45) is 0 Å². The summed E-state index contributed by atoms with van der Waals surface area (Å²) in [5.74, 6) is -0.206. The second kappa shape index (κ2) is 6.46. The molecule has 0 bridgehead atoms. The molecule has 1 saturated carbocycles. The largest absolute Gasteiger partial charge is 0.453 e. The summed E-state index contributed by atoms with van der Waals surface area (Å²) in [6, 6.07) is 5.95. The average Bonchev–Trinajstić information content (AvgIpc) is 2.54. The van der Waals surface area contributed by atoms with E-state index in [1.807, 2.05) is 0 Å². The van der Waals surface area contributed by atoms with Gasteiger partial charge in [-0.2, -0.15) is 0 Å². The Balaban J connectivity index is 1.78. The third-order valence-electron chi connectivity index (χ3n) is 4.57. The number of carbonyl (C=O) groups is 1. The molecule has 0 unspecified atom stereocenters. The molecule has 1 aromatic carbocycles. The molecule has 0 amide bonds. The van der Waals surface area contributed by atoms with Gasteiger partial charge in [-0.3, -0.25) is 9.59 Å². The van der Waals surface area contributed by atoms with Crippen molar-refractivity contribution in [3.8, 4) is 0 Å². The lowest BCUT2D eigenvalue weighted by Gasteiger charge is -2.31. The third-order valence-corrected chi connectivity index (χ3v) is 4.80. The Hall–Kier alpha value is -1.65. The zero-order chi connectivity index (χ0) is 16.4. The van der Waals surface area contributed by atoms with Gasteiger partial charge < -0.3 is 9.52 Å². The molecule has 0 radical (unpaired) electrons. The second-order valence-electron chi connectivity index (χ2n) is 6.32. The molecule has 1 aliphatic rings. The van der Waals surface area contributed by atoms with Crippen molar-refractivity contribution in [2.45, 2.75) is 50.5 Å². The minimum absolute atomic E-state index is 0.0456. The molecule has 122 valence electrons. The van der Waals surface area contributed by atoms with Gasteiger partial charge in [0, 0.05) is 17.5 Å². The SMILES string of the molecule is O=C(CCC1(O)CCCCC1)c1cc(=O)c2cc(Cl)ccc2o1. The molecule has 1 N–H and O–H groups in total. The molecule has 0 saturated heterocycles. The number of ketones is 1. The maximum absolute atomic E-state index is 12.3. The van der Waals surface area contributed by atoms with Gasteiger partial charge in [0.1, 0.15) is 5.58 Å². The second-order valence-corrected chi connectivity index (χ2v) is 6.76. The van der Waals surface area contributed by atoms with Crippen molar-refractivity contribution in [2.75, 3.05) is 0 Å². The first-order chi connectivity index (χ1) is 11.0. The first-order valence-corrected chi connectivity index (χ1v) is 8.34. The van der Waals surface area contributed by atoms with E-state index in [-0.39, 0.29) is 23.4 Å². The third kappa shape index (κ3) is 3.65. The van der Waals surface area contributed by atoms with Crippen LogP contribution in [-0.4, -0.2) is 16.5 Å². The van der Waals surface area contributed by atoms with E-state index >= 15 is 0 Å². The molecule has 1 fully saturated rings. The van der Waals surface area contributed by atoms with Crippen molar-refractivity contribution in [3.63, 3.8) is 0 Å². The standard InChI is InChI=1S/C18H19ClO4/c19-12-4-5-16-13(10-12)15(21)11-17(23-16)14(20)6-9-18(22)7-2-1-3-8-18/h4-5,10-11,22H,1-3,6-9H2. The van der Waals surface area contributed by atoms with Crippen LogP contribution in [0, 0.1) is 0 Å². The summed E-state index contributed by atoms with van der Waals surface area (Å²) >= 11 is 5.87. The van der Waals surface area contributed by atoms with Crippen molar-refractivity contribution in [3.05, 3.63) is 45.3 Å². The Morgan fingerprint density at radius 2 is 1.96 bits per heavy atom. The number of rotatable bonds is 4. The maximum atomic E-state index is 12.3. The molecule has 0 atom stereocenters. The number of hydrogen-bond donors (Lipinski definition) is 1. The number of Topliss-reactive ketones (excluding diaryl/α,β-unsaturated/α-hetero) is 1. The molecule has 0 aliphatic heterocycles. The normalized spacial score (nSPS) is 17.3. The fourth-order valence-corrected chi connectivity index (χ4v) is 3.37. The highest BCUT2D eigenvalue weighted by atomic mass is 35.5. The van der Waals surface area contributed by atoms with Crippen molar-refractivity contribution < 1.29 is 14.3 Å². The van der Waals surface area contributed by atoms with Crippen molar-refractivity contribution in [1.82, 2.24) is 0 Å². The molecule has 3 rings (SSSR count). The summed E-state index contributed by atoms with van der Waals surface area (Å²) in [5, 5.41) is 11.3. The summed E-state index contributed by atoms with van der Waals surface area (Å²) < 4.78 is 5.54. The predicted octanol–water partition coefficient (Wildman–Crippen LogP) is 4.10. The van der Waals surface area contributed by atoms with E-state index in [2.05, 4.69) is 0 Å². The first-order valence-electron chi connectivity index (χ1n) is 7.96. The van der Waals surface area contributed by atoms with E-state index in [1.54, 1.807) is 12.1 Å². The highest BCUT2D eigenvalue weighted by Crippen LogP contribution is 2.32. The van der Waals surface area contributed by atoms with Gasteiger partial charge in [-0.1, -0.05) is 30.9 Å². The van der Waals surface area contributed by atoms with E-state index in [1.165, 1.54) is 12.1 Å². The monoisotopic (exact) mass is 334 g/mol. The van der Waals surface area contributed by atoms with Gasteiger partial charge in [-0.25, -0.2) is 0 Å². The molecule has 23 heavy (non-hydrogen) atoms. The van der Waals surface area contributed by atoms with Gasteiger partial charge >= 0.3 is 0 Å². The summed E-state index contributed by atoms with van der Waals surface area (Å²) in [4.78, 5) is 24.4. The van der Waals surface area contributed by atoms with Crippen LogP contribution in [-0.2, 0) is 0 Å². The highest BCUT2D eigenvalue weighted by Gasteiger charge is 2.30. The highest BCUT2D eigenvalue weighted by molar-refractivity contribution is 6.31. The molecular weight excluding hydrogens is 316 g/mol. The van der Waals surface area contributed by atoms with Gasteiger partial charge in [0.05, 0.1) is 11.0 Å². The van der Waals surface area contributed by atoms with Crippen LogP contribution in [0.15, 0.2) is 33.5 Å². The zero-order valence-corrected chi connectivity index (χ0v) is 13.6. The fraction of sp³-hybridized carbons (Fsp3) is 0.444. The number of halogens is 1. The molecule has 0 spiro atoms. The average molecular weight is 335 g/mol. The lowest BCUT2D eigenvalue weighted by atomic mass is 9.81. The number of carbonyl (C=O) groups excluding carboxylic acids is 1. The maximum Gasteiger partial charge on any atom is 0.198 e. The van der Waals surface area contributed by atoms with Crippen LogP contribution in [0.4, 0.5) is 0 Å². The molecule has 2 aromatic rings. The summed E-state index contributed by atoms with van der Waals surface area (Å²) in [6.07, 6.45) is 5.19. The van der Waals surface area contributed by atoms with Gasteiger partial charge in [0.2, 0.25) is 0 Å². The Morgan fingerprint density at radius 1 is 1.22 bits per heavy atom. The van der Waals surface area contributed by atoms with Crippen molar-refractivity contribution in [1.29, 1.82) is 0 Å². The minimum atomic E-state index is -0.751. The molecule has 1 aliphatic carbocycles. The Morgan fingerprint density at radius 3 is 2.70 bits per heavy atom. The number of benzene rings is 1. The van der Waals surface area contributed by atoms with Gasteiger partial charge in [0.25, 0.3) is 0 Å². The molecule has 1 aromatic heterocycles. The van der Waals surface area contributed by atoms with E-state index < -0.39 is 5.60 Å². The first kappa shape index (κ1) is 16.2. The quantitative estimate of drug-likeness (QED) is 0.854. The number of fused-ring (bicyclic) bond motifs is 1. The van der Waals surface area contributed by atoms with Crippen LogP contribution < -0.4 is 5.43 Å². The zero-order valence-electron chi connectivity index (χ0n) is 12.8. The number of hydrogen-bond acceptors (Lipinski definition) is 4. The molecule has 5 heteroatoms. The van der Waals surface area contributed by atoms with E-state index in [9.17, 15) is 14.7 Å². The van der Waals surface area contributed by atoms with E-state index in [0.717, 1.165) is 32.1 Å². The molecular formula is C18H19ClO4. The van der Waals surface area contributed by atoms with Crippen LogP contribution >= 0.6 is 11.6 Å². The Kier molecular flexibility index (Phi) is 4.55. The lowest BCUT2D eigenvalue weighted by molar-refractivity contribution is -0.00471. The van der Waals surface area contributed by atoms with Crippen LogP contribution in [0.3, 0.4) is 0 Å². The summed E-state index contributed by atoms with van der Waals surface area (Å²) in [6.45, 7) is 0. The van der Waals surface area contributed by atoms with Crippen LogP contribution in [0.2, 0.25) is 5.02 Å². The fourth-order valence-electron chi connectivity index (χ4n) is 3.20. The van der Waals surface area contributed by atoms with Crippen LogP contribution in [0.25, 0.3) is 11.0 Å². The minimum Gasteiger partial charge on any atom is -0.453 e. The van der Waals surface area contributed by atoms with Gasteiger partial charge in [-0.15, -0.1) is 0 Å². The topological polar surface area (TPSA) is 67.5 Å². The lowest BCUT2D eigenvalue weighted by Crippen LogP contribution is -2.31. The van der Waals surface area contributed by atoms with Crippen LogP contribution in [0.5, 0.6) is 0 Å².